The zero-order chi connectivity index (χ0) is 27.9. The Bertz CT molecular complexity index is 1460. The number of aromatic nitrogens is 3. The maximum absolute atomic E-state index is 14.1. The Hall–Kier alpha value is -4.53. The van der Waals surface area contributed by atoms with Crippen molar-refractivity contribution in [1.82, 2.24) is 20.3 Å². The third kappa shape index (κ3) is 6.49. The molecule has 9 heteroatoms. The molecule has 4 aromatic rings. The molecule has 0 bridgehead atoms. The quantitative estimate of drug-likeness (QED) is 0.286. The Balaban J connectivity index is 1.80. The molecule has 0 saturated carbocycles. The molecule has 0 aliphatic heterocycles. The minimum absolute atomic E-state index is 0.0933. The van der Waals surface area contributed by atoms with E-state index in [1.54, 1.807) is 55.6 Å². The number of hydrogen-bond donors (Lipinski definition) is 1. The van der Waals surface area contributed by atoms with Crippen molar-refractivity contribution in [2.24, 2.45) is 5.92 Å². The second kappa shape index (κ2) is 12.3. The highest BCUT2D eigenvalue weighted by Gasteiger charge is 2.33. The van der Waals surface area contributed by atoms with Crippen molar-refractivity contribution in [1.29, 1.82) is 0 Å². The average molecular weight is 528 g/mol. The monoisotopic (exact) mass is 527 g/mol. The van der Waals surface area contributed by atoms with Gasteiger partial charge < -0.3 is 10.1 Å². The van der Waals surface area contributed by atoms with E-state index in [1.165, 1.54) is 16.5 Å². The zero-order valence-corrected chi connectivity index (χ0v) is 22.6. The lowest BCUT2D eigenvalue weighted by Crippen LogP contribution is -2.45. The van der Waals surface area contributed by atoms with Gasteiger partial charge in [-0.3, -0.25) is 19.3 Å². The number of amides is 2. The molecule has 1 N–H and O–H groups in total. The molecular weight excluding hydrogens is 494 g/mol. The van der Waals surface area contributed by atoms with Gasteiger partial charge in [0.1, 0.15) is 23.9 Å². The number of hydrogen-bond acceptors (Lipinski definition) is 6. The SMILES string of the molecule is COc1cccc([C@H](C(=O)NCCC(C)C)N(C(=O)Cn2nnc3ccccc32)c2ccc(C(C)=O)cc2)c1. The Kier molecular flexibility index (Phi) is 8.70. The van der Waals surface area contributed by atoms with Crippen molar-refractivity contribution >= 4 is 34.3 Å². The molecule has 0 fully saturated rings. The van der Waals surface area contributed by atoms with Crippen molar-refractivity contribution in [3.8, 4) is 5.75 Å². The van der Waals surface area contributed by atoms with Gasteiger partial charge in [0, 0.05) is 17.8 Å². The smallest absolute Gasteiger partial charge is 0.249 e. The number of carbonyl (C=O) groups is 3. The number of methoxy groups -OCH3 is 1. The Labute approximate surface area is 227 Å². The van der Waals surface area contributed by atoms with Crippen molar-refractivity contribution in [2.45, 2.75) is 39.8 Å². The highest BCUT2D eigenvalue weighted by atomic mass is 16.5. The van der Waals surface area contributed by atoms with Crippen LogP contribution in [-0.4, -0.2) is 46.2 Å². The van der Waals surface area contributed by atoms with Gasteiger partial charge in [-0.15, -0.1) is 5.10 Å². The van der Waals surface area contributed by atoms with Crippen LogP contribution < -0.4 is 15.0 Å². The molecule has 0 spiro atoms. The summed E-state index contributed by atoms with van der Waals surface area (Å²) in [4.78, 5) is 41.3. The van der Waals surface area contributed by atoms with Gasteiger partial charge in [-0.05, 0) is 73.4 Å². The van der Waals surface area contributed by atoms with Gasteiger partial charge in [0.25, 0.3) is 0 Å². The summed E-state index contributed by atoms with van der Waals surface area (Å²) in [5, 5.41) is 11.3. The number of nitrogens with zero attached hydrogens (tertiary/aromatic N) is 4. The van der Waals surface area contributed by atoms with E-state index < -0.39 is 6.04 Å². The zero-order valence-electron chi connectivity index (χ0n) is 22.6. The number of rotatable bonds is 11. The van der Waals surface area contributed by atoms with E-state index in [2.05, 4.69) is 29.5 Å². The van der Waals surface area contributed by atoms with Crippen LogP contribution in [-0.2, 0) is 16.1 Å². The Morgan fingerprint density at radius 2 is 1.74 bits per heavy atom. The predicted molar refractivity (Wildman–Crippen MR) is 150 cm³/mol. The van der Waals surface area contributed by atoms with Crippen LogP contribution in [0.3, 0.4) is 0 Å². The molecule has 2 amide bonds. The molecule has 0 aliphatic rings. The minimum atomic E-state index is -1.00. The maximum atomic E-state index is 14.1. The van der Waals surface area contributed by atoms with E-state index in [0.29, 0.717) is 46.1 Å². The largest absolute Gasteiger partial charge is 0.497 e. The number of carbonyl (C=O) groups excluding carboxylic acids is 3. The number of anilines is 1. The summed E-state index contributed by atoms with van der Waals surface area (Å²) in [7, 11) is 1.55. The number of benzene rings is 3. The Morgan fingerprint density at radius 1 is 1.00 bits per heavy atom. The van der Waals surface area contributed by atoms with Gasteiger partial charge in [-0.1, -0.05) is 43.3 Å². The lowest BCUT2D eigenvalue weighted by molar-refractivity contribution is -0.127. The highest BCUT2D eigenvalue weighted by Crippen LogP contribution is 2.31. The third-order valence-corrected chi connectivity index (χ3v) is 6.46. The third-order valence-electron chi connectivity index (χ3n) is 6.46. The first-order valence-electron chi connectivity index (χ1n) is 12.9. The van der Waals surface area contributed by atoms with Gasteiger partial charge in [0.2, 0.25) is 11.8 Å². The Morgan fingerprint density at radius 3 is 2.44 bits per heavy atom. The van der Waals surface area contributed by atoms with Crippen molar-refractivity contribution < 1.29 is 19.1 Å². The molecule has 0 radical (unpaired) electrons. The van der Waals surface area contributed by atoms with Crippen LogP contribution in [0.5, 0.6) is 5.75 Å². The predicted octanol–water partition coefficient (Wildman–Crippen LogP) is 4.58. The van der Waals surface area contributed by atoms with Crippen LogP contribution in [0.15, 0.2) is 72.8 Å². The number of ether oxygens (including phenoxy) is 1. The number of Topliss-reactive ketones (excluding diaryl/α,β-unsaturated/α-hetero) is 1. The molecule has 202 valence electrons. The summed E-state index contributed by atoms with van der Waals surface area (Å²) in [6.45, 7) is 5.97. The number of fused-ring (bicyclic) bond motifs is 1. The first-order chi connectivity index (χ1) is 18.8. The first kappa shape index (κ1) is 27.5. The van der Waals surface area contributed by atoms with Crippen molar-refractivity contribution in [3.05, 3.63) is 83.9 Å². The standard InChI is InChI=1S/C30H33N5O4/c1-20(2)16-17-31-30(38)29(23-8-7-9-25(18-23)39-4)35(24-14-12-22(13-15-24)21(3)36)28(37)19-34-27-11-6-5-10-26(27)32-33-34/h5-15,18,20,29H,16-17,19H2,1-4H3,(H,31,38)/t29-/m1/s1. The lowest BCUT2D eigenvalue weighted by Gasteiger charge is -2.32. The van der Waals surface area contributed by atoms with Crippen LogP contribution in [0.4, 0.5) is 5.69 Å². The number of para-hydroxylation sites is 1. The second-order valence-electron chi connectivity index (χ2n) is 9.76. The van der Waals surface area contributed by atoms with Crippen LogP contribution in [0.25, 0.3) is 11.0 Å². The first-order valence-corrected chi connectivity index (χ1v) is 12.9. The molecular formula is C30H33N5O4. The molecule has 1 heterocycles. The summed E-state index contributed by atoms with van der Waals surface area (Å²) in [5.41, 5.74) is 2.94. The van der Waals surface area contributed by atoms with E-state index in [1.807, 2.05) is 24.3 Å². The fourth-order valence-corrected chi connectivity index (χ4v) is 4.34. The normalized spacial score (nSPS) is 11.8. The fraction of sp³-hybridized carbons (Fsp3) is 0.300. The lowest BCUT2D eigenvalue weighted by atomic mass is 10.0. The summed E-state index contributed by atoms with van der Waals surface area (Å²) in [6.07, 6.45) is 0.794. The van der Waals surface area contributed by atoms with E-state index in [-0.39, 0.29) is 24.1 Å². The van der Waals surface area contributed by atoms with Crippen LogP contribution in [0.2, 0.25) is 0 Å². The van der Waals surface area contributed by atoms with Gasteiger partial charge in [-0.25, -0.2) is 4.68 Å². The average Bonchev–Trinajstić information content (AvgIpc) is 3.34. The van der Waals surface area contributed by atoms with Gasteiger partial charge in [0.05, 0.1) is 12.6 Å². The fourth-order valence-electron chi connectivity index (χ4n) is 4.34. The summed E-state index contributed by atoms with van der Waals surface area (Å²) >= 11 is 0. The molecule has 0 saturated heterocycles. The molecule has 1 atom stereocenters. The molecule has 4 rings (SSSR count). The van der Waals surface area contributed by atoms with Crippen LogP contribution >= 0.6 is 0 Å². The van der Waals surface area contributed by atoms with Crippen LogP contribution in [0.1, 0.15) is 49.2 Å². The van der Waals surface area contributed by atoms with Gasteiger partial charge in [-0.2, -0.15) is 0 Å². The molecule has 9 nitrogen and oxygen atoms in total. The topological polar surface area (TPSA) is 106 Å². The maximum Gasteiger partial charge on any atom is 0.249 e. The van der Waals surface area contributed by atoms with Crippen molar-refractivity contribution in [2.75, 3.05) is 18.6 Å². The summed E-state index contributed by atoms with van der Waals surface area (Å²) < 4.78 is 6.95. The van der Waals surface area contributed by atoms with E-state index in [0.717, 1.165) is 6.42 Å². The summed E-state index contributed by atoms with van der Waals surface area (Å²) in [5.74, 6) is 0.181. The van der Waals surface area contributed by atoms with E-state index in [4.69, 9.17) is 4.74 Å². The highest BCUT2D eigenvalue weighted by molar-refractivity contribution is 6.02. The molecule has 39 heavy (non-hydrogen) atoms. The number of nitrogens with one attached hydrogen (secondary N) is 1. The van der Waals surface area contributed by atoms with Gasteiger partial charge >= 0.3 is 0 Å². The van der Waals surface area contributed by atoms with Crippen LogP contribution in [0, 0.1) is 5.92 Å². The minimum Gasteiger partial charge on any atom is -0.497 e. The molecule has 0 unspecified atom stereocenters. The summed E-state index contributed by atoms with van der Waals surface area (Å²) in [6, 6.07) is 20.2. The van der Waals surface area contributed by atoms with E-state index >= 15 is 0 Å². The van der Waals surface area contributed by atoms with E-state index in [9.17, 15) is 14.4 Å². The van der Waals surface area contributed by atoms with Gasteiger partial charge in [0.15, 0.2) is 5.78 Å². The molecule has 3 aromatic carbocycles. The molecule has 0 aliphatic carbocycles. The number of ketones is 1. The second-order valence-corrected chi connectivity index (χ2v) is 9.76. The van der Waals surface area contributed by atoms with Crippen molar-refractivity contribution in [3.63, 3.8) is 0 Å². The molecule has 1 aromatic heterocycles.